The van der Waals surface area contributed by atoms with Crippen LogP contribution in [0.4, 0.5) is 4.39 Å². The Labute approximate surface area is 63.5 Å². The first-order chi connectivity index (χ1) is 5.29. The minimum Gasteiger partial charge on any atom is -0.453 e. The lowest BCUT2D eigenvalue weighted by atomic mass is 10.2. The molecule has 0 aromatic heterocycles. The Kier molecular flexibility index (Phi) is 1.24. The zero-order valence-corrected chi connectivity index (χ0v) is 6.06. The zero-order chi connectivity index (χ0) is 7.84. The van der Waals surface area contributed by atoms with Crippen LogP contribution in [0, 0.1) is 12.7 Å². The monoisotopic (exact) mass is 154 g/mol. The molecule has 0 fully saturated rings. The highest BCUT2D eigenvalue weighted by molar-refractivity contribution is 5.45. The zero-order valence-electron chi connectivity index (χ0n) is 6.06. The number of halogens is 1. The lowest BCUT2D eigenvalue weighted by Crippen LogP contribution is -1.93. The van der Waals surface area contributed by atoms with Gasteiger partial charge in [-0.1, -0.05) is 6.07 Å². The van der Waals surface area contributed by atoms with Crippen molar-refractivity contribution < 1.29 is 13.9 Å². The van der Waals surface area contributed by atoms with Gasteiger partial charge < -0.3 is 9.47 Å². The van der Waals surface area contributed by atoms with E-state index in [1.54, 1.807) is 19.1 Å². The van der Waals surface area contributed by atoms with E-state index in [9.17, 15) is 4.39 Å². The summed E-state index contributed by atoms with van der Waals surface area (Å²) < 4.78 is 23.0. The molecule has 0 saturated carbocycles. The molecule has 1 heterocycles. The van der Waals surface area contributed by atoms with Crippen LogP contribution >= 0.6 is 0 Å². The Morgan fingerprint density at radius 1 is 1.36 bits per heavy atom. The number of rotatable bonds is 0. The van der Waals surface area contributed by atoms with Gasteiger partial charge in [-0.15, -0.1) is 0 Å². The van der Waals surface area contributed by atoms with Gasteiger partial charge in [-0.05, 0) is 18.6 Å². The summed E-state index contributed by atoms with van der Waals surface area (Å²) in [4.78, 5) is 0. The van der Waals surface area contributed by atoms with E-state index in [0.717, 1.165) is 0 Å². The minimum absolute atomic E-state index is 0.121. The van der Waals surface area contributed by atoms with Crippen LogP contribution in [-0.4, -0.2) is 6.79 Å². The van der Waals surface area contributed by atoms with E-state index in [1.807, 2.05) is 0 Å². The van der Waals surface area contributed by atoms with Crippen LogP contribution in [0.2, 0.25) is 0 Å². The Hall–Kier alpha value is -1.25. The fourth-order valence-corrected chi connectivity index (χ4v) is 1.04. The third-order valence-corrected chi connectivity index (χ3v) is 1.67. The summed E-state index contributed by atoms with van der Waals surface area (Å²) >= 11 is 0. The van der Waals surface area contributed by atoms with Gasteiger partial charge in [0.05, 0.1) is 0 Å². The van der Waals surface area contributed by atoms with Gasteiger partial charge in [0.15, 0.2) is 11.6 Å². The maximum absolute atomic E-state index is 13.1. The quantitative estimate of drug-likeness (QED) is 0.567. The normalized spacial score (nSPS) is 13.6. The van der Waals surface area contributed by atoms with Crippen LogP contribution < -0.4 is 9.47 Å². The Morgan fingerprint density at radius 2 is 2.18 bits per heavy atom. The molecule has 1 aliphatic heterocycles. The topological polar surface area (TPSA) is 18.5 Å². The molecule has 2 rings (SSSR count). The fourth-order valence-electron chi connectivity index (χ4n) is 1.04. The van der Waals surface area contributed by atoms with E-state index in [1.165, 1.54) is 0 Å². The molecule has 2 nitrogen and oxygen atoms in total. The summed E-state index contributed by atoms with van der Waals surface area (Å²) in [5.41, 5.74) is 0.578. The van der Waals surface area contributed by atoms with Gasteiger partial charge in [0.1, 0.15) is 0 Å². The van der Waals surface area contributed by atoms with Gasteiger partial charge in [-0.3, -0.25) is 0 Å². The molecule has 1 aromatic carbocycles. The summed E-state index contributed by atoms with van der Waals surface area (Å²) in [6.45, 7) is 1.81. The van der Waals surface area contributed by atoms with Crippen LogP contribution in [0.15, 0.2) is 12.1 Å². The second kappa shape index (κ2) is 2.12. The van der Waals surface area contributed by atoms with Crippen LogP contribution in [-0.2, 0) is 0 Å². The van der Waals surface area contributed by atoms with Crippen molar-refractivity contribution >= 4 is 0 Å². The lowest BCUT2D eigenvalue weighted by molar-refractivity contribution is 0.171. The molecule has 0 atom stereocenters. The molecule has 0 radical (unpaired) electrons. The average molecular weight is 154 g/mol. The Morgan fingerprint density at radius 3 is 3.00 bits per heavy atom. The second-order valence-electron chi connectivity index (χ2n) is 2.43. The molecule has 0 amide bonds. The molecule has 1 aromatic rings. The minimum atomic E-state index is -0.319. The first-order valence-electron chi connectivity index (χ1n) is 3.34. The molecule has 0 spiro atoms. The van der Waals surface area contributed by atoms with Gasteiger partial charge in [0.2, 0.25) is 12.5 Å². The third kappa shape index (κ3) is 0.843. The Balaban J connectivity index is 2.62. The largest absolute Gasteiger partial charge is 0.453 e. The van der Waals surface area contributed by atoms with Crippen LogP contribution in [0.1, 0.15) is 5.56 Å². The molecule has 0 aliphatic carbocycles. The number of hydrogen-bond donors (Lipinski definition) is 0. The van der Waals surface area contributed by atoms with Gasteiger partial charge >= 0.3 is 0 Å². The predicted octanol–water partition coefficient (Wildman–Crippen LogP) is 1.86. The fraction of sp³-hybridized carbons (Fsp3) is 0.250. The number of ether oxygens (including phenoxy) is 2. The first-order valence-corrected chi connectivity index (χ1v) is 3.34. The van der Waals surface area contributed by atoms with Crippen LogP contribution in [0.3, 0.4) is 0 Å². The van der Waals surface area contributed by atoms with Crippen molar-refractivity contribution in [2.45, 2.75) is 6.92 Å². The van der Waals surface area contributed by atoms with Crippen LogP contribution in [0.25, 0.3) is 0 Å². The molecule has 0 saturated heterocycles. The van der Waals surface area contributed by atoms with Crippen molar-refractivity contribution in [2.24, 2.45) is 0 Å². The van der Waals surface area contributed by atoms with Gasteiger partial charge in [0.25, 0.3) is 0 Å². The van der Waals surface area contributed by atoms with E-state index in [-0.39, 0.29) is 18.4 Å². The average Bonchev–Trinajstić information content (AvgIpc) is 2.45. The van der Waals surface area contributed by atoms with Crippen molar-refractivity contribution in [2.75, 3.05) is 6.79 Å². The molecular formula is C8H7FO2. The molecular weight excluding hydrogens is 147 g/mol. The lowest BCUT2D eigenvalue weighted by Gasteiger charge is -1.98. The molecule has 3 heteroatoms. The molecule has 1 aliphatic rings. The molecule has 0 unspecified atom stereocenters. The van der Waals surface area contributed by atoms with Crippen LogP contribution in [0.5, 0.6) is 11.5 Å². The number of fused-ring (bicyclic) bond motifs is 1. The first kappa shape index (κ1) is 6.46. The van der Waals surface area contributed by atoms with Gasteiger partial charge in [-0.25, -0.2) is 4.39 Å². The SMILES string of the molecule is Cc1ccc2c(c1F)OCO2. The van der Waals surface area contributed by atoms with E-state index < -0.39 is 0 Å². The smallest absolute Gasteiger partial charge is 0.231 e. The third-order valence-electron chi connectivity index (χ3n) is 1.67. The van der Waals surface area contributed by atoms with Crippen molar-refractivity contribution in [3.8, 4) is 11.5 Å². The summed E-state index contributed by atoms with van der Waals surface area (Å²) in [7, 11) is 0. The summed E-state index contributed by atoms with van der Waals surface area (Å²) in [5, 5.41) is 0. The van der Waals surface area contributed by atoms with E-state index in [2.05, 4.69) is 0 Å². The second-order valence-corrected chi connectivity index (χ2v) is 2.43. The molecule has 58 valence electrons. The number of benzene rings is 1. The van der Waals surface area contributed by atoms with Crippen molar-refractivity contribution in [3.05, 3.63) is 23.5 Å². The maximum Gasteiger partial charge on any atom is 0.231 e. The van der Waals surface area contributed by atoms with Crippen molar-refractivity contribution in [3.63, 3.8) is 0 Å². The van der Waals surface area contributed by atoms with E-state index in [4.69, 9.17) is 9.47 Å². The maximum atomic E-state index is 13.1. The highest BCUT2D eigenvalue weighted by Gasteiger charge is 2.18. The van der Waals surface area contributed by atoms with Crippen molar-refractivity contribution in [1.29, 1.82) is 0 Å². The van der Waals surface area contributed by atoms with E-state index >= 15 is 0 Å². The predicted molar refractivity (Wildman–Crippen MR) is 37.3 cm³/mol. The van der Waals surface area contributed by atoms with Crippen molar-refractivity contribution in [1.82, 2.24) is 0 Å². The highest BCUT2D eigenvalue weighted by atomic mass is 19.1. The Bertz CT molecular complexity index is 296. The molecule has 0 bridgehead atoms. The van der Waals surface area contributed by atoms with Gasteiger partial charge in [0, 0.05) is 0 Å². The summed E-state index contributed by atoms with van der Waals surface area (Å²) in [6.07, 6.45) is 0. The number of hydrogen-bond acceptors (Lipinski definition) is 2. The standard InChI is InChI=1S/C8H7FO2/c1-5-2-3-6-8(7(5)9)11-4-10-6/h2-3H,4H2,1H3. The summed E-state index contributed by atoms with van der Waals surface area (Å²) in [6, 6.07) is 3.38. The highest BCUT2D eigenvalue weighted by Crippen LogP contribution is 2.35. The summed E-state index contributed by atoms with van der Waals surface area (Å²) in [5.74, 6) is 0.415. The molecule has 0 N–H and O–H groups in total. The molecule has 11 heavy (non-hydrogen) atoms. The van der Waals surface area contributed by atoms with E-state index in [0.29, 0.717) is 11.3 Å². The number of aryl methyl sites for hydroxylation is 1. The van der Waals surface area contributed by atoms with Gasteiger partial charge in [-0.2, -0.15) is 0 Å².